The van der Waals surface area contributed by atoms with Crippen LogP contribution in [-0.2, 0) is 11.3 Å². The third kappa shape index (κ3) is 3.67. The van der Waals surface area contributed by atoms with E-state index in [-0.39, 0.29) is 19.2 Å². The van der Waals surface area contributed by atoms with Crippen LogP contribution < -0.4 is 14.8 Å². The Bertz CT molecular complexity index is 942. The van der Waals surface area contributed by atoms with Gasteiger partial charge in [0.1, 0.15) is 6.04 Å². The molecule has 2 aromatic carbocycles. The van der Waals surface area contributed by atoms with Crippen molar-refractivity contribution in [3.63, 3.8) is 0 Å². The molecule has 2 aliphatic rings. The first kappa shape index (κ1) is 19.3. The standard InChI is InChI=1S/C21H20N2O5S/c1-29-9-8-16(23-20(25)14-4-2-3-5-15(14)21(23)26)19(24)22-11-13-6-7-17-18(10-13)28-12-27-17/h2-7,10,16H,8-9,11-12H2,1H3,(H,22,24)/t16-/m0/s1. The van der Waals surface area contributed by atoms with Crippen molar-refractivity contribution >= 4 is 29.5 Å². The second-order valence-corrected chi connectivity index (χ2v) is 7.71. The van der Waals surface area contributed by atoms with Crippen LogP contribution in [0.1, 0.15) is 32.7 Å². The van der Waals surface area contributed by atoms with E-state index < -0.39 is 17.9 Å². The minimum Gasteiger partial charge on any atom is -0.454 e. The third-order valence-electron chi connectivity index (χ3n) is 4.94. The molecule has 2 aromatic rings. The van der Waals surface area contributed by atoms with E-state index >= 15 is 0 Å². The number of hydrogen-bond donors (Lipinski definition) is 1. The Morgan fingerprint density at radius 1 is 1.10 bits per heavy atom. The molecule has 0 radical (unpaired) electrons. The Balaban J connectivity index is 1.50. The van der Waals surface area contributed by atoms with Gasteiger partial charge < -0.3 is 14.8 Å². The summed E-state index contributed by atoms with van der Waals surface area (Å²) >= 11 is 1.56. The van der Waals surface area contributed by atoms with Gasteiger partial charge in [-0.05, 0) is 48.3 Å². The fourth-order valence-corrected chi connectivity index (χ4v) is 3.91. The summed E-state index contributed by atoms with van der Waals surface area (Å²) in [4.78, 5) is 39.7. The topological polar surface area (TPSA) is 84.9 Å². The largest absolute Gasteiger partial charge is 0.454 e. The number of benzene rings is 2. The zero-order chi connectivity index (χ0) is 20.4. The van der Waals surface area contributed by atoms with Crippen LogP contribution >= 0.6 is 11.8 Å². The predicted molar refractivity (Wildman–Crippen MR) is 108 cm³/mol. The van der Waals surface area contributed by atoms with Gasteiger partial charge in [0, 0.05) is 6.54 Å². The molecule has 0 saturated carbocycles. The van der Waals surface area contributed by atoms with Crippen molar-refractivity contribution in [1.82, 2.24) is 10.2 Å². The molecule has 1 N–H and O–H groups in total. The van der Waals surface area contributed by atoms with Gasteiger partial charge in [-0.1, -0.05) is 18.2 Å². The molecule has 7 nitrogen and oxygen atoms in total. The van der Waals surface area contributed by atoms with Gasteiger partial charge in [0.2, 0.25) is 12.7 Å². The molecule has 0 unspecified atom stereocenters. The molecule has 0 fully saturated rings. The van der Waals surface area contributed by atoms with Gasteiger partial charge in [-0.3, -0.25) is 19.3 Å². The Morgan fingerprint density at radius 2 is 1.79 bits per heavy atom. The van der Waals surface area contributed by atoms with E-state index in [1.54, 1.807) is 42.1 Å². The maximum absolute atomic E-state index is 13.0. The Kier molecular flexibility index (Phi) is 5.44. The smallest absolute Gasteiger partial charge is 0.262 e. The van der Waals surface area contributed by atoms with Gasteiger partial charge in [0.05, 0.1) is 11.1 Å². The van der Waals surface area contributed by atoms with Crippen LogP contribution in [0, 0.1) is 0 Å². The van der Waals surface area contributed by atoms with E-state index in [4.69, 9.17) is 9.47 Å². The molecule has 0 bridgehead atoms. The van der Waals surface area contributed by atoms with Crippen LogP contribution in [0.4, 0.5) is 0 Å². The molecule has 150 valence electrons. The highest BCUT2D eigenvalue weighted by Crippen LogP contribution is 2.32. The number of nitrogens with zero attached hydrogens (tertiary/aromatic N) is 1. The SMILES string of the molecule is CSCC[C@@H](C(=O)NCc1ccc2c(c1)OCO2)N1C(=O)c2ccccc2C1=O. The van der Waals surface area contributed by atoms with E-state index in [2.05, 4.69) is 5.32 Å². The minimum absolute atomic E-state index is 0.182. The number of rotatable bonds is 7. The molecular formula is C21H20N2O5S. The lowest BCUT2D eigenvalue weighted by atomic mass is 10.1. The van der Waals surface area contributed by atoms with Crippen LogP contribution in [0.3, 0.4) is 0 Å². The zero-order valence-corrected chi connectivity index (χ0v) is 16.7. The second-order valence-electron chi connectivity index (χ2n) is 6.73. The maximum atomic E-state index is 13.0. The second kappa shape index (κ2) is 8.16. The highest BCUT2D eigenvalue weighted by molar-refractivity contribution is 7.98. The fraction of sp³-hybridized carbons (Fsp3) is 0.286. The van der Waals surface area contributed by atoms with Crippen molar-refractivity contribution in [2.45, 2.75) is 19.0 Å². The maximum Gasteiger partial charge on any atom is 0.262 e. The number of nitrogens with one attached hydrogen (secondary N) is 1. The Hall–Kier alpha value is -3.00. The predicted octanol–water partition coefficient (Wildman–Crippen LogP) is 2.45. The average Bonchev–Trinajstić information content (AvgIpc) is 3.30. The van der Waals surface area contributed by atoms with Crippen molar-refractivity contribution in [3.8, 4) is 11.5 Å². The molecule has 1 atom stereocenters. The Labute approximate surface area is 172 Å². The lowest BCUT2D eigenvalue weighted by Gasteiger charge is -2.25. The fourth-order valence-electron chi connectivity index (χ4n) is 3.46. The summed E-state index contributed by atoms with van der Waals surface area (Å²) in [5.74, 6) is 0.756. The van der Waals surface area contributed by atoms with Crippen molar-refractivity contribution in [2.24, 2.45) is 0 Å². The molecule has 2 aliphatic heterocycles. The summed E-state index contributed by atoms with van der Waals surface area (Å²) in [6.07, 6.45) is 2.31. The molecule has 29 heavy (non-hydrogen) atoms. The average molecular weight is 412 g/mol. The number of carbonyl (C=O) groups excluding carboxylic acids is 3. The van der Waals surface area contributed by atoms with E-state index in [1.807, 2.05) is 18.4 Å². The summed E-state index contributed by atoms with van der Waals surface area (Å²) in [6.45, 7) is 0.441. The summed E-state index contributed by atoms with van der Waals surface area (Å²) in [5, 5.41) is 2.85. The van der Waals surface area contributed by atoms with E-state index in [1.165, 1.54) is 0 Å². The molecule has 0 spiro atoms. The highest BCUT2D eigenvalue weighted by atomic mass is 32.2. The van der Waals surface area contributed by atoms with Crippen molar-refractivity contribution in [3.05, 3.63) is 59.2 Å². The van der Waals surface area contributed by atoms with Crippen molar-refractivity contribution in [1.29, 1.82) is 0 Å². The van der Waals surface area contributed by atoms with E-state index in [0.29, 0.717) is 34.8 Å². The molecule has 0 aromatic heterocycles. The number of thioether (sulfide) groups is 1. The molecule has 0 aliphatic carbocycles. The van der Waals surface area contributed by atoms with Crippen LogP contribution in [0.2, 0.25) is 0 Å². The van der Waals surface area contributed by atoms with E-state index in [0.717, 1.165) is 10.5 Å². The van der Waals surface area contributed by atoms with Crippen LogP contribution in [0.15, 0.2) is 42.5 Å². The van der Waals surface area contributed by atoms with Gasteiger partial charge in [0.15, 0.2) is 11.5 Å². The Morgan fingerprint density at radius 3 is 2.48 bits per heavy atom. The zero-order valence-electron chi connectivity index (χ0n) is 15.8. The third-order valence-corrected chi connectivity index (χ3v) is 5.58. The molecule has 0 saturated heterocycles. The molecule has 8 heteroatoms. The summed E-state index contributed by atoms with van der Waals surface area (Å²) < 4.78 is 10.6. The number of hydrogen-bond acceptors (Lipinski definition) is 6. The first-order valence-corrected chi connectivity index (χ1v) is 10.6. The van der Waals surface area contributed by atoms with Crippen molar-refractivity contribution < 1.29 is 23.9 Å². The van der Waals surface area contributed by atoms with Gasteiger partial charge in [-0.25, -0.2) is 0 Å². The van der Waals surface area contributed by atoms with Crippen molar-refractivity contribution in [2.75, 3.05) is 18.8 Å². The van der Waals surface area contributed by atoms with Crippen LogP contribution in [-0.4, -0.2) is 47.5 Å². The first-order valence-electron chi connectivity index (χ1n) is 9.22. The number of imide groups is 1. The molecule has 2 heterocycles. The monoisotopic (exact) mass is 412 g/mol. The summed E-state index contributed by atoms with van der Waals surface area (Å²) in [6, 6.07) is 11.2. The molecular weight excluding hydrogens is 392 g/mol. The number of carbonyl (C=O) groups is 3. The molecule has 4 rings (SSSR count). The summed E-state index contributed by atoms with van der Waals surface area (Å²) in [5.41, 5.74) is 1.53. The van der Waals surface area contributed by atoms with Crippen LogP contribution in [0.25, 0.3) is 0 Å². The van der Waals surface area contributed by atoms with Gasteiger partial charge >= 0.3 is 0 Å². The lowest BCUT2D eigenvalue weighted by Crippen LogP contribution is -2.49. The number of amides is 3. The van der Waals surface area contributed by atoms with Gasteiger partial charge in [-0.15, -0.1) is 0 Å². The first-order chi connectivity index (χ1) is 14.1. The molecule has 3 amide bonds. The number of fused-ring (bicyclic) bond motifs is 2. The van der Waals surface area contributed by atoms with E-state index in [9.17, 15) is 14.4 Å². The number of ether oxygens (including phenoxy) is 2. The van der Waals surface area contributed by atoms with Crippen LogP contribution in [0.5, 0.6) is 11.5 Å². The quantitative estimate of drug-likeness (QED) is 0.704. The van der Waals surface area contributed by atoms with Gasteiger partial charge in [-0.2, -0.15) is 11.8 Å². The normalized spacial score (nSPS) is 15.4. The van der Waals surface area contributed by atoms with Gasteiger partial charge in [0.25, 0.3) is 11.8 Å². The highest BCUT2D eigenvalue weighted by Gasteiger charge is 2.42. The summed E-state index contributed by atoms with van der Waals surface area (Å²) in [7, 11) is 0. The minimum atomic E-state index is -0.858. The lowest BCUT2D eigenvalue weighted by molar-refractivity contribution is -0.125.